The second kappa shape index (κ2) is 29.6. The fourth-order valence-electron chi connectivity index (χ4n) is 12.3. The lowest BCUT2D eigenvalue weighted by Crippen LogP contribution is -2.24. The highest BCUT2D eigenvalue weighted by Crippen LogP contribution is 2.45. The third-order valence-electron chi connectivity index (χ3n) is 16.0. The standard InChI is InChI=1S/C54H98O/c1-5-9-13-15-19-23-47-29-37-51(38-30-47)53(49-33-25-45(26-34-49)21-17-11-7-3)41-43-55-44-42-54(50-35-27-46(28-36-50)22-18-12-8-4)52-39-31-48(32-40-52)24-20-16-14-10-6-2/h41-42,45-52H,5-40,43-44H2,1-4H3/t45-,46-,47-,48-,49-,50-,51-,52-. The Morgan fingerprint density at radius 1 is 0.327 bits per heavy atom. The molecule has 0 aromatic rings. The van der Waals surface area contributed by atoms with Gasteiger partial charge in [-0.15, -0.1) is 0 Å². The van der Waals surface area contributed by atoms with Gasteiger partial charge in [0, 0.05) is 0 Å². The summed E-state index contributed by atoms with van der Waals surface area (Å²) in [7, 11) is 0. The van der Waals surface area contributed by atoms with Gasteiger partial charge >= 0.3 is 0 Å². The lowest BCUT2D eigenvalue weighted by molar-refractivity contribution is 0.183. The van der Waals surface area contributed by atoms with Crippen molar-refractivity contribution < 1.29 is 4.74 Å². The summed E-state index contributed by atoms with van der Waals surface area (Å²) in [6.45, 7) is 11.1. The van der Waals surface area contributed by atoms with Gasteiger partial charge in [-0.2, -0.15) is 0 Å². The first kappa shape index (κ1) is 47.1. The molecule has 1 nitrogen and oxygen atoms in total. The van der Waals surface area contributed by atoms with Crippen LogP contribution in [0.2, 0.25) is 0 Å². The van der Waals surface area contributed by atoms with Crippen LogP contribution in [0.25, 0.3) is 0 Å². The maximum Gasteiger partial charge on any atom is 0.0654 e. The van der Waals surface area contributed by atoms with Crippen molar-refractivity contribution >= 4 is 0 Å². The second-order valence-corrected chi connectivity index (χ2v) is 20.2. The average Bonchev–Trinajstić information content (AvgIpc) is 3.22. The summed E-state index contributed by atoms with van der Waals surface area (Å²) in [5.41, 5.74) is 3.71. The second-order valence-electron chi connectivity index (χ2n) is 20.2. The lowest BCUT2D eigenvalue weighted by atomic mass is 9.69. The van der Waals surface area contributed by atoms with Gasteiger partial charge in [-0.25, -0.2) is 0 Å². The Labute approximate surface area is 346 Å². The molecule has 4 aliphatic carbocycles. The fourth-order valence-corrected chi connectivity index (χ4v) is 12.3. The van der Waals surface area contributed by atoms with Crippen molar-refractivity contribution in [3.8, 4) is 0 Å². The summed E-state index contributed by atoms with van der Waals surface area (Å²) in [4.78, 5) is 0. The van der Waals surface area contributed by atoms with Gasteiger partial charge < -0.3 is 4.74 Å². The van der Waals surface area contributed by atoms with Gasteiger partial charge in [0.15, 0.2) is 0 Å². The molecule has 0 spiro atoms. The summed E-state index contributed by atoms with van der Waals surface area (Å²) in [6.07, 6.45) is 57.7. The van der Waals surface area contributed by atoms with Crippen molar-refractivity contribution in [2.45, 2.75) is 259 Å². The van der Waals surface area contributed by atoms with Crippen LogP contribution in [0.1, 0.15) is 259 Å². The quantitative estimate of drug-likeness (QED) is 0.0570. The number of ether oxygens (including phenoxy) is 1. The molecule has 320 valence electrons. The van der Waals surface area contributed by atoms with Crippen molar-refractivity contribution in [3.05, 3.63) is 23.3 Å². The fraction of sp³-hybridized carbons (Fsp3) is 0.926. The number of rotatable bonds is 28. The van der Waals surface area contributed by atoms with Crippen molar-refractivity contribution in [2.75, 3.05) is 13.2 Å². The topological polar surface area (TPSA) is 9.23 Å². The van der Waals surface area contributed by atoms with Crippen LogP contribution < -0.4 is 0 Å². The molecular formula is C54H98O. The van der Waals surface area contributed by atoms with E-state index in [0.29, 0.717) is 0 Å². The smallest absolute Gasteiger partial charge is 0.0654 e. The predicted molar refractivity (Wildman–Crippen MR) is 244 cm³/mol. The third-order valence-corrected chi connectivity index (χ3v) is 16.0. The van der Waals surface area contributed by atoms with E-state index in [4.69, 9.17) is 4.74 Å². The van der Waals surface area contributed by atoms with Gasteiger partial charge in [0.05, 0.1) is 13.2 Å². The van der Waals surface area contributed by atoms with E-state index in [-0.39, 0.29) is 0 Å². The molecule has 0 bridgehead atoms. The summed E-state index contributed by atoms with van der Waals surface area (Å²) in [5, 5.41) is 0. The Morgan fingerprint density at radius 3 is 0.836 bits per heavy atom. The monoisotopic (exact) mass is 763 g/mol. The van der Waals surface area contributed by atoms with Crippen LogP contribution >= 0.6 is 0 Å². The highest BCUT2D eigenvalue weighted by Gasteiger charge is 2.32. The van der Waals surface area contributed by atoms with Crippen LogP contribution in [-0.4, -0.2) is 13.2 Å². The molecule has 0 saturated heterocycles. The summed E-state index contributed by atoms with van der Waals surface area (Å²) >= 11 is 0. The molecule has 4 rings (SSSR count). The van der Waals surface area contributed by atoms with E-state index in [1.54, 1.807) is 0 Å². The molecule has 0 unspecified atom stereocenters. The average molecular weight is 763 g/mol. The number of unbranched alkanes of at least 4 members (excludes halogenated alkanes) is 12. The van der Waals surface area contributed by atoms with Crippen molar-refractivity contribution in [3.63, 3.8) is 0 Å². The Balaban J connectivity index is 1.33. The van der Waals surface area contributed by atoms with E-state index >= 15 is 0 Å². The highest BCUT2D eigenvalue weighted by molar-refractivity contribution is 5.15. The van der Waals surface area contributed by atoms with Crippen molar-refractivity contribution in [2.24, 2.45) is 47.3 Å². The van der Waals surface area contributed by atoms with E-state index in [0.717, 1.165) is 60.6 Å². The van der Waals surface area contributed by atoms with Gasteiger partial charge in [0.25, 0.3) is 0 Å². The zero-order valence-corrected chi connectivity index (χ0v) is 38.1. The minimum Gasteiger partial charge on any atom is -0.373 e. The molecule has 4 saturated carbocycles. The Hall–Kier alpha value is -0.560. The zero-order chi connectivity index (χ0) is 38.8. The third kappa shape index (κ3) is 18.5. The SMILES string of the molecule is CCCCCCC[C@H]1CC[C@H](C(=CCOCC=C([C@H]2CC[C@H](CCCCC)CC2)[C@H]2CC[C@H](CCCCCCC)CC2)[C@H]2CC[C@H](CCCCC)CC2)CC1. The molecule has 55 heavy (non-hydrogen) atoms. The molecule has 0 heterocycles. The number of hydrogen-bond acceptors (Lipinski definition) is 1. The predicted octanol–water partition coefficient (Wildman–Crippen LogP) is 18.0. The first-order valence-corrected chi connectivity index (χ1v) is 26.1. The largest absolute Gasteiger partial charge is 0.373 e. The molecular weight excluding hydrogens is 665 g/mol. The minimum absolute atomic E-state index is 0.835. The number of allylic oxidation sites excluding steroid dienone is 2. The molecule has 0 atom stereocenters. The Morgan fingerprint density at radius 2 is 0.564 bits per heavy atom. The van der Waals surface area contributed by atoms with Crippen LogP contribution in [0.5, 0.6) is 0 Å². The molecule has 0 amide bonds. The van der Waals surface area contributed by atoms with E-state index in [1.165, 1.54) is 231 Å². The van der Waals surface area contributed by atoms with Gasteiger partial charge in [-0.05, 0) is 150 Å². The highest BCUT2D eigenvalue weighted by atomic mass is 16.5. The van der Waals surface area contributed by atoms with Crippen LogP contribution in [-0.2, 0) is 4.74 Å². The first-order valence-electron chi connectivity index (χ1n) is 26.1. The molecule has 0 radical (unpaired) electrons. The van der Waals surface area contributed by atoms with Gasteiger partial charge in [0.2, 0.25) is 0 Å². The Kier molecular flexibility index (Phi) is 25.4. The van der Waals surface area contributed by atoms with E-state index < -0.39 is 0 Å². The van der Waals surface area contributed by atoms with Crippen molar-refractivity contribution in [1.82, 2.24) is 0 Å². The van der Waals surface area contributed by atoms with Gasteiger partial charge in [-0.3, -0.25) is 0 Å². The maximum atomic E-state index is 6.69. The van der Waals surface area contributed by atoms with Crippen molar-refractivity contribution in [1.29, 1.82) is 0 Å². The number of hydrogen-bond donors (Lipinski definition) is 0. The van der Waals surface area contributed by atoms with Crippen LogP contribution in [0.3, 0.4) is 0 Å². The van der Waals surface area contributed by atoms with Crippen LogP contribution in [0, 0.1) is 47.3 Å². The molecule has 1 heteroatoms. The molecule has 0 N–H and O–H groups in total. The molecule has 0 aromatic carbocycles. The maximum absolute atomic E-state index is 6.69. The van der Waals surface area contributed by atoms with Gasteiger partial charge in [-0.1, -0.05) is 179 Å². The van der Waals surface area contributed by atoms with E-state index in [2.05, 4.69) is 39.8 Å². The van der Waals surface area contributed by atoms with Crippen LogP contribution in [0.4, 0.5) is 0 Å². The molecule has 4 fully saturated rings. The first-order chi connectivity index (χ1) is 27.1. The van der Waals surface area contributed by atoms with Crippen LogP contribution in [0.15, 0.2) is 23.3 Å². The van der Waals surface area contributed by atoms with E-state index in [1.807, 2.05) is 11.1 Å². The lowest BCUT2D eigenvalue weighted by Gasteiger charge is -2.37. The summed E-state index contributed by atoms with van der Waals surface area (Å²) in [6, 6.07) is 0. The summed E-state index contributed by atoms with van der Waals surface area (Å²) in [5.74, 6) is 7.34. The molecule has 0 aliphatic heterocycles. The summed E-state index contributed by atoms with van der Waals surface area (Å²) < 4.78 is 6.69. The molecule has 0 aromatic heterocycles. The minimum atomic E-state index is 0.835. The Bertz CT molecular complexity index is 881. The van der Waals surface area contributed by atoms with E-state index in [9.17, 15) is 0 Å². The van der Waals surface area contributed by atoms with Gasteiger partial charge in [0.1, 0.15) is 0 Å². The zero-order valence-electron chi connectivity index (χ0n) is 38.1. The molecule has 4 aliphatic rings. The normalized spacial score (nSPS) is 29.8.